The number of anilines is 2. The predicted molar refractivity (Wildman–Crippen MR) is 424 cm³/mol. The highest BCUT2D eigenvalue weighted by Gasteiger charge is 2.51. The Labute approximate surface area is 633 Å². The molecule has 1 aliphatic rings. The van der Waals surface area contributed by atoms with Crippen molar-refractivity contribution in [1.29, 1.82) is 0 Å². The number of fused-ring (bicyclic) bond motifs is 13. The van der Waals surface area contributed by atoms with Crippen LogP contribution in [0.5, 0.6) is 0 Å². The normalized spacial score (nSPS) is 12.9. The molecule has 0 spiro atoms. The topological polar surface area (TPSA) is 294 Å². The smallest absolute Gasteiger partial charge is 0.399 e. The highest BCUT2D eigenvalue weighted by Crippen LogP contribution is 2.41. The lowest BCUT2D eigenvalue weighted by Gasteiger charge is -2.32. The van der Waals surface area contributed by atoms with Gasteiger partial charge in [0.1, 0.15) is 55.2 Å². The number of nitrogens with two attached hydrogens (primary N) is 1. The molecule has 107 heavy (non-hydrogen) atoms. The zero-order valence-corrected chi connectivity index (χ0v) is 61.9. The first-order chi connectivity index (χ1) is 52.1. The molecule has 1 saturated heterocycles. The molecule has 22 nitrogen and oxygen atoms in total. The molecule has 0 bridgehead atoms. The minimum absolute atomic E-state index is 0.176. The molecule has 3 N–H and O–H groups in total. The predicted octanol–water partition coefficient (Wildman–Crippen LogP) is 19.6. The molecular formula is C81H56BBr3N14O8. The average molecular weight is 1600 g/mol. The number of carbonyl (C=O) groups excluding carboxylic acids is 1. The fourth-order valence-electron chi connectivity index (χ4n) is 12.6. The SMILES string of the molecule is Brc1ccc(-c2nc3ccccc3c3c2ccc2nonc23)cc1.Brc1cccc2nonc12.CC1(C)OB(c2ccc(-c3nc4ccccc4c4c3ccc3nonc34)cc2)OC1(C)C.Nc1ccccc1-c1cccc2nonc12.O=C(Nc1ccccc1-c1cccc2nonc12)c1ccc(Br)cc1. The van der Waals surface area contributed by atoms with Crippen LogP contribution in [0.3, 0.4) is 0 Å². The summed E-state index contributed by atoms with van der Waals surface area (Å²) >= 11 is 10.2. The third kappa shape index (κ3) is 13.8. The van der Waals surface area contributed by atoms with Gasteiger partial charge in [0.05, 0.1) is 33.6 Å². The average Bonchev–Trinajstić information content (AvgIpc) is 1.11. The number of nitrogens with zero attached hydrogens (tertiary/aromatic N) is 12. The summed E-state index contributed by atoms with van der Waals surface area (Å²) in [5.74, 6) is -0.176. The van der Waals surface area contributed by atoms with Gasteiger partial charge >= 0.3 is 7.12 Å². The molecule has 19 aromatic rings. The van der Waals surface area contributed by atoms with Crippen LogP contribution in [0.4, 0.5) is 11.4 Å². The van der Waals surface area contributed by atoms with Gasteiger partial charge in [-0.2, -0.15) is 0 Å². The van der Waals surface area contributed by atoms with Crippen molar-refractivity contribution in [2.24, 2.45) is 0 Å². The van der Waals surface area contributed by atoms with Gasteiger partial charge in [-0.05, 0) is 210 Å². The van der Waals surface area contributed by atoms with Gasteiger partial charge in [0.25, 0.3) is 5.91 Å². The fraction of sp³-hybridized carbons (Fsp3) is 0.0741. The molecule has 0 unspecified atom stereocenters. The minimum Gasteiger partial charge on any atom is -0.399 e. The van der Waals surface area contributed by atoms with Crippen LogP contribution in [0.25, 0.3) is 143 Å². The van der Waals surface area contributed by atoms with Crippen LogP contribution in [0, 0.1) is 0 Å². The highest BCUT2D eigenvalue weighted by atomic mass is 79.9. The zero-order valence-electron chi connectivity index (χ0n) is 57.1. The molecule has 0 aliphatic carbocycles. The van der Waals surface area contributed by atoms with E-state index in [0.717, 1.165) is 157 Å². The summed E-state index contributed by atoms with van der Waals surface area (Å²) in [4.78, 5) is 22.4. The van der Waals surface area contributed by atoms with Crippen LogP contribution in [-0.4, -0.2) is 85.8 Å². The van der Waals surface area contributed by atoms with E-state index in [-0.39, 0.29) is 17.1 Å². The molecule has 1 fully saturated rings. The van der Waals surface area contributed by atoms with Crippen molar-refractivity contribution >= 4 is 176 Å². The van der Waals surface area contributed by atoms with E-state index in [9.17, 15) is 4.79 Å². The lowest BCUT2D eigenvalue weighted by molar-refractivity contribution is 0.00578. The summed E-state index contributed by atoms with van der Waals surface area (Å²) in [5.41, 5.74) is 24.8. The highest BCUT2D eigenvalue weighted by molar-refractivity contribution is 9.11. The van der Waals surface area contributed by atoms with Crippen LogP contribution in [0.2, 0.25) is 0 Å². The van der Waals surface area contributed by atoms with E-state index in [2.05, 4.69) is 186 Å². The summed E-state index contributed by atoms with van der Waals surface area (Å²) in [5, 5.41) is 48.3. The number of para-hydroxylation sites is 4. The van der Waals surface area contributed by atoms with E-state index >= 15 is 0 Å². The Bertz CT molecular complexity index is 6500. The molecule has 522 valence electrons. The van der Waals surface area contributed by atoms with Crippen LogP contribution < -0.4 is 16.5 Å². The van der Waals surface area contributed by atoms with Crippen molar-refractivity contribution in [1.82, 2.24) is 61.5 Å². The number of aromatic nitrogens is 12. The standard InChI is InChI=1S/C25H22BN3O3.C19H12BrN3O2.C19H10BrN3O.C12H9N3O.C6H3BrN2O/c1-24(2)25(3,4)31-26(30-24)16-11-9-15(10-12-16)22-18-13-14-20-23(29-32-28-20)21(18)17-7-5-6-8-19(17)27-22;20-13-10-8-12(9-11-13)19(24)21-16-6-2-1-4-14(16)15-5-3-7-17-18(15)23-25-22-17;20-12-7-5-11(6-8-12)18-14-9-10-16-19(23-24-22-16)17(14)13-3-1-2-4-15(13)21-18;13-10-6-2-1-4-8(10)9-5-3-7-11-12(9)15-16-14-11;7-4-2-1-3-5-6(4)9-10-8-5/h5-14H,1-4H3;1-11H,(H,21,24);1-10H;1-7H,13H2;1-3H. The van der Waals surface area contributed by atoms with E-state index in [1.165, 1.54) is 0 Å². The number of hydrogen-bond donors (Lipinski definition) is 2. The maximum atomic E-state index is 12.5. The third-order valence-corrected chi connectivity index (χ3v) is 20.3. The molecule has 1 aliphatic heterocycles. The molecule has 20 rings (SSSR count). The molecule has 26 heteroatoms. The molecule has 0 saturated carbocycles. The first-order valence-corrected chi connectivity index (χ1v) is 35.9. The van der Waals surface area contributed by atoms with Gasteiger partial charge in [0.15, 0.2) is 0 Å². The molecule has 7 aromatic heterocycles. The van der Waals surface area contributed by atoms with Crippen LogP contribution in [-0.2, 0) is 9.31 Å². The van der Waals surface area contributed by atoms with Gasteiger partial charge in [-0.25, -0.2) is 33.1 Å². The van der Waals surface area contributed by atoms with Crippen molar-refractivity contribution in [3.05, 3.63) is 268 Å². The number of carbonyl (C=O) groups is 1. The number of hydrogen-bond acceptors (Lipinski definition) is 21. The van der Waals surface area contributed by atoms with Crippen LogP contribution in [0.15, 0.2) is 285 Å². The van der Waals surface area contributed by atoms with Crippen molar-refractivity contribution in [2.45, 2.75) is 38.9 Å². The zero-order chi connectivity index (χ0) is 73.3. The Hall–Kier alpha value is -12.3. The van der Waals surface area contributed by atoms with Gasteiger partial charge in [-0.3, -0.25) is 4.79 Å². The number of rotatable bonds is 7. The van der Waals surface area contributed by atoms with Gasteiger partial charge in [-0.1, -0.05) is 171 Å². The van der Waals surface area contributed by atoms with Gasteiger partial charge in [0, 0.05) is 96.1 Å². The molecule has 1 amide bonds. The lowest BCUT2D eigenvalue weighted by Crippen LogP contribution is -2.41. The first kappa shape index (κ1) is 69.1. The van der Waals surface area contributed by atoms with E-state index in [1.54, 1.807) is 12.1 Å². The Kier molecular flexibility index (Phi) is 18.9. The van der Waals surface area contributed by atoms with Gasteiger partial charge in [0.2, 0.25) is 0 Å². The minimum atomic E-state index is -0.392. The molecule has 8 heterocycles. The molecular weight excluding hydrogens is 1550 g/mol. The Morgan fingerprint density at radius 3 is 1.27 bits per heavy atom. The summed E-state index contributed by atoms with van der Waals surface area (Å²) < 4.78 is 39.3. The Morgan fingerprint density at radius 1 is 0.364 bits per heavy atom. The third-order valence-electron chi connectivity index (χ3n) is 18.6. The molecule has 0 atom stereocenters. The maximum Gasteiger partial charge on any atom is 0.494 e. The number of halogens is 3. The quantitative estimate of drug-likeness (QED) is 0.0851. The van der Waals surface area contributed by atoms with Gasteiger partial charge < -0.3 is 20.4 Å². The van der Waals surface area contributed by atoms with Gasteiger partial charge in [-0.15, -0.1) is 0 Å². The molecule has 0 radical (unpaired) electrons. The fourth-order valence-corrected chi connectivity index (χ4v) is 13.5. The summed E-state index contributed by atoms with van der Waals surface area (Å²) in [6, 6.07) is 79.9. The van der Waals surface area contributed by atoms with Crippen molar-refractivity contribution in [3.63, 3.8) is 0 Å². The second-order valence-corrected chi connectivity index (χ2v) is 28.4. The van der Waals surface area contributed by atoms with E-state index in [1.807, 2.05) is 188 Å². The Morgan fingerprint density at radius 2 is 0.757 bits per heavy atom. The van der Waals surface area contributed by atoms with E-state index in [0.29, 0.717) is 22.3 Å². The molecule has 12 aromatic carbocycles. The number of pyridine rings is 2. The second-order valence-electron chi connectivity index (χ2n) is 25.8. The maximum absolute atomic E-state index is 12.5. The largest absolute Gasteiger partial charge is 0.494 e. The van der Waals surface area contributed by atoms with Crippen LogP contribution in [0.1, 0.15) is 38.1 Å². The lowest BCUT2D eigenvalue weighted by atomic mass is 9.78. The second kappa shape index (κ2) is 29.3. The number of amides is 1. The summed E-state index contributed by atoms with van der Waals surface area (Å²) in [7, 11) is -0.392. The summed E-state index contributed by atoms with van der Waals surface area (Å²) in [6.07, 6.45) is 0. The Balaban J connectivity index is 0.000000106. The monoisotopic (exact) mass is 1600 g/mol. The van der Waals surface area contributed by atoms with Crippen molar-refractivity contribution in [3.8, 4) is 44.8 Å². The van der Waals surface area contributed by atoms with Crippen LogP contribution >= 0.6 is 47.8 Å². The summed E-state index contributed by atoms with van der Waals surface area (Å²) in [6.45, 7) is 8.25. The van der Waals surface area contributed by atoms with Crippen molar-refractivity contribution in [2.75, 3.05) is 11.1 Å². The van der Waals surface area contributed by atoms with E-state index in [4.69, 9.17) is 43.5 Å². The first-order valence-electron chi connectivity index (χ1n) is 33.5. The van der Waals surface area contributed by atoms with E-state index < -0.39 is 7.12 Å². The number of nitrogen functional groups attached to an aromatic ring is 1. The number of benzene rings is 12. The van der Waals surface area contributed by atoms with Crippen molar-refractivity contribution < 1.29 is 37.2 Å². The number of nitrogens with one attached hydrogen (secondary N) is 1.